The SMILES string of the molecule is Nc1cccc2c1C(=O)N(c1cc(C(=O)N3CCC(N4CCOCC4)CC3)ccc1/C=C/c1n[nH]c3ccccc13)C2=O. The molecule has 10 heteroatoms. The molecule has 3 N–H and O–H groups in total. The summed E-state index contributed by atoms with van der Waals surface area (Å²) in [4.78, 5) is 46.4. The number of imide groups is 1. The molecule has 2 fully saturated rings. The fourth-order valence-electron chi connectivity index (χ4n) is 6.38. The Bertz CT molecular complexity index is 1760. The molecule has 3 aliphatic rings. The summed E-state index contributed by atoms with van der Waals surface area (Å²) in [7, 11) is 0. The standard InChI is InChI=1S/C33H32N6O4/c34-26-6-3-5-25-30(26)33(42)39(32(25)41)29-20-22(31(40)38-14-12-23(13-15-38)37-16-18-43-19-17-37)9-8-21(29)10-11-28-24-4-1-2-7-27(24)35-36-28/h1-11,20,23H,12-19,34H2,(H,35,36)/b11-10+. The minimum atomic E-state index is -0.506. The van der Waals surface area contributed by atoms with Crippen molar-refractivity contribution in [3.8, 4) is 0 Å². The number of para-hydroxylation sites is 1. The maximum absolute atomic E-state index is 13.7. The van der Waals surface area contributed by atoms with Crippen molar-refractivity contribution in [1.82, 2.24) is 20.0 Å². The van der Waals surface area contributed by atoms with Gasteiger partial charge in [0.1, 0.15) is 0 Å². The first-order valence-electron chi connectivity index (χ1n) is 14.6. The molecule has 4 heterocycles. The second kappa shape index (κ2) is 11.1. The van der Waals surface area contributed by atoms with Gasteiger partial charge in [-0.2, -0.15) is 5.10 Å². The number of rotatable bonds is 5. The van der Waals surface area contributed by atoms with Gasteiger partial charge in [0.25, 0.3) is 17.7 Å². The van der Waals surface area contributed by atoms with E-state index in [-0.39, 0.29) is 22.7 Å². The van der Waals surface area contributed by atoms with E-state index in [4.69, 9.17) is 10.5 Å². The van der Waals surface area contributed by atoms with Crippen LogP contribution in [-0.2, 0) is 4.74 Å². The van der Waals surface area contributed by atoms with Crippen molar-refractivity contribution in [2.75, 3.05) is 50.0 Å². The lowest BCUT2D eigenvalue weighted by Gasteiger charge is -2.40. The number of carbonyl (C=O) groups excluding carboxylic acids is 3. The molecule has 218 valence electrons. The first-order chi connectivity index (χ1) is 21.0. The highest BCUT2D eigenvalue weighted by molar-refractivity contribution is 6.36. The zero-order chi connectivity index (χ0) is 29.5. The number of ether oxygens (including phenoxy) is 1. The van der Waals surface area contributed by atoms with Gasteiger partial charge in [-0.3, -0.25) is 24.4 Å². The number of nitrogens with two attached hydrogens (primary N) is 1. The second-order valence-electron chi connectivity index (χ2n) is 11.1. The molecule has 7 rings (SSSR count). The summed E-state index contributed by atoms with van der Waals surface area (Å²) >= 11 is 0. The van der Waals surface area contributed by atoms with Crippen LogP contribution in [0.2, 0.25) is 0 Å². The van der Waals surface area contributed by atoms with Crippen LogP contribution in [0.4, 0.5) is 11.4 Å². The smallest absolute Gasteiger partial charge is 0.268 e. The lowest BCUT2D eigenvalue weighted by Crippen LogP contribution is -2.50. The van der Waals surface area contributed by atoms with E-state index in [1.165, 1.54) is 0 Å². The number of nitrogens with zero attached hydrogens (tertiary/aromatic N) is 4. The first kappa shape index (κ1) is 27.1. The Morgan fingerprint density at radius 3 is 2.51 bits per heavy atom. The number of carbonyl (C=O) groups is 3. The zero-order valence-electron chi connectivity index (χ0n) is 23.7. The van der Waals surface area contributed by atoms with Crippen LogP contribution in [0.25, 0.3) is 23.1 Å². The minimum absolute atomic E-state index is 0.119. The van der Waals surface area contributed by atoms with Crippen molar-refractivity contribution in [2.24, 2.45) is 0 Å². The number of H-pyrrole nitrogens is 1. The number of nitrogen functional groups attached to an aromatic ring is 1. The summed E-state index contributed by atoms with van der Waals surface area (Å²) in [5.41, 5.74) is 9.77. The second-order valence-corrected chi connectivity index (χ2v) is 11.1. The molecule has 0 radical (unpaired) electrons. The van der Waals surface area contributed by atoms with Crippen LogP contribution in [0, 0.1) is 0 Å². The Labute approximate surface area is 248 Å². The first-order valence-corrected chi connectivity index (χ1v) is 14.6. The molecule has 10 nitrogen and oxygen atoms in total. The van der Waals surface area contributed by atoms with Gasteiger partial charge in [-0.05, 0) is 54.8 Å². The topological polar surface area (TPSA) is 125 Å². The Hall–Kier alpha value is -4.80. The Kier molecular flexibility index (Phi) is 7.00. The average Bonchev–Trinajstić information content (AvgIpc) is 3.58. The quantitative estimate of drug-likeness (QED) is 0.271. The van der Waals surface area contributed by atoms with Gasteiger partial charge >= 0.3 is 0 Å². The van der Waals surface area contributed by atoms with Gasteiger partial charge in [0.05, 0.1) is 41.2 Å². The van der Waals surface area contributed by atoms with E-state index >= 15 is 0 Å². The van der Waals surface area contributed by atoms with E-state index < -0.39 is 11.8 Å². The number of benzene rings is 3. The molecule has 43 heavy (non-hydrogen) atoms. The van der Waals surface area contributed by atoms with E-state index in [9.17, 15) is 14.4 Å². The highest BCUT2D eigenvalue weighted by Crippen LogP contribution is 2.35. The summed E-state index contributed by atoms with van der Waals surface area (Å²) in [5.74, 6) is -1.09. The number of fused-ring (bicyclic) bond motifs is 2. The molecule has 0 bridgehead atoms. The molecule has 1 aromatic heterocycles. The average molecular weight is 577 g/mol. The number of amides is 3. The maximum atomic E-state index is 13.7. The largest absolute Gasteiger partial charge is 0.398 e. The van der Waals surface area contributed by atoms with Crippen LogP contribution in [0.5, 0.6) is 0 Å². The number of hydrogen-bond donors (Lipinski definition) is 2. The zero-order valence-corrected chi connectivity index (χ0v) is 23.7. The Morgan fingerprint density at radius 1 is 0.930 bits per heavy atom. The molecule has 0 unspecified atom stereocenters. The van der Waals surface area contributed by atoms with Crippen LogP contribution in [0.15, 0.2) is 60.7 Å². The molecule has 0 saturated carbocycles. The lowest BCUT2D eigenvalue weighted by molar-refractivity contribution is 0.00159. The molecular formula is C33H32N6O4. The van der Waals surface area contributed by atoms with E-state index in [1.54, 1.807) is 36.4 Å². The summed E-state index contributed by atoms with van der Waals surface area (Å²) in [6.45, 7) is 4.65. The summed E-state index contributed by atoms with van der Waals surface area (Å²) in [5, 5.41) is 8.37. The highest BCUT2D eigenvalue weighted by Gasteiger charge is 2.39. The van der Waals surface area contributed by atoms with Crippen molar-refractivity contribution in [3.63, 3.8) is 0 Å². The van der Waals surface area contributed by atoms with E-state index in [2.05, 4.69) is 15.1 Å². The van der Waals surface area contributed by atoms with Crippen molar-refractivity contribution in [2.45, 2.75) is 18.9 Å². The van der Waals surface area contributed by atoms with Gasteiger partial charge < -0.3 is 15.4 Å². The molecule has 0 aliphatic carbocycles. The number of anilines is 2. The fourth-order valence-corrected chi connectivity index (χ4v) is 6.38. The summed E-state index contributed by atoms with van der Waals surface area (Å²) in [6, 6.07) is 18.3. The summed E-state index contributed by atoms with van der Waals surface area (Å²) < 4.78 is 5.50. The normalized spacial score (nSPS) is 18.2. The molecule has 3 aliphatic heterocycles. The number of piperidine rings is 1. The lowest BCUT2D eigenvalue weighted by atomic mass is 10.0. The van der Waals surface area contributed by atoms with Crippen molar-refractivity contribution >= 4 is 52.2 Å². The van der Waals surface area contributed by atoms with E-state index in [1.807, 2.05) is 41.3 Å². The van der Waals surface area contributed by atoms with Crippen molar-refractivity contribution in [3.05, 3.63) is 88.6 Å². The third-order valence-corrected chi connectivity index (χ3v) is 8.70. The monoisotopic (exact) mass is 576 g/mol. The molecule has 3 aromatic carbocycles. The van der Waals surface area contributed by atoms with Crippen LogP contribution >= 0.6 is 0 Å². The van der Waals surface area contributed by atoms with Crippen molar-refractivity contribution in [1.29, 1.82) is 0 Å². The predicted octanol–water partition coefficient (Wildman–Crippen LogP) is 4.05. The molecule has 2 saturated heterocycles. The molecule has 0 spiro atoms. The summed E-state index contributed by atoms with van der Waals surface area (Å²) in [6.07, 6.45) is 5.44. The number of nitrogens with one attached hydrogen (secondary N) is 1. The van der Waals surface area contributed by atoms with Gasteiger partial charge in [-0.1, -0.05) is 36.4 Å². The van der Waals surface area contributed by atoms with Crippen LogP contribution < -0.4 is 10.6 Å². The minimum Gasteiger partial charge on any atom is -0.398 e. The predicted molar refractivity (Wildman–Crippen MR) is 165 cm³/mol. The van der Waals surface area contributed by atoms with Crippen molar-refractivity contribution < 1.29 is 19.1 Å². The molecule has 3 amide bonds. The van der Waals surface area contributed by atoms with Crippen LogP contribution in [-0.4, -0.2) is 83.2 Å². The molecule has 4 aromatic rings. The maximum Gasteiger partial charge on any atom is 0.268 e. The molecule has 0 atom stereocenters. The number of hydrogen-bond acceptors (Lipinski definition) is 7. The Balaban J connectivity index is 1.21. The van der Waals surface area contributed by atoms with Gasteiger partial charge in [0, 0.05) is 48.9 Å². The van der Waals surface area contributed by atoms with Gasteiger partial charge in [-0.15, -0.1) is 0 Å². The van der Waals surface area contributed by atoms with Gasteiger partial charge in [0.2, 0.25) is 0 Å². The van der Waals surface area contributed by atoms with Crippen LogP contribution in [0.3, 0.4) is 0 Å². The third-order valence-electron chi connectivity index (χ3n) is 8.70. The van der Waals surface area contributed by atoms with Gasteiger partial charge in [-0.25, -0.2) is 4.90 Å². The van der Waals surface area contributed by atoms with E-state index in [0.717, 1.165) is 60.6 Å². The fraction of sp³-hybridized carbons (Fsp3) is 0.273. The molecular weight excluding hydrogens is 544 g/mol. The third kappa shape index (κ3) is 4.88. The number of morpholine rings is 1. The number of aromatic nitrogens is 2. The highest BCUT2D eigenvalue weighted by atomic mass is 16.5. The number of likely N-dealkylation sites (tertiary alicyclic amines) is 1. The van der Waals surface area contributed by atoms with Gasteiger partial charge in [0.15, 0.2) is 0 Å². The van der Waals surface area contributed by atoms with Crippen LogP contribution in [0.1, 0.15) is 55.2 Å². The van der Waals surface area contributed by atoms with E-state index in [0.29, 0.717) is 35.9 Å². The Morgan fingerprint density at radius 2 is 1.72 bits per heavy atom. The number of aromatic amines is 1.